The van der Waals surface area contributed by atoms with Crippen molar-refractivity contribution in [2.45, 2.75) is 69.9 Å². The number of azide groups is 1. The maximum absolute atomic E-state index is 12.1. The molecule has 5 atom stereocenters. The summed E-state index contributed by atoms with van der Waals surface area (Å²) < 4.78 is 10.9. The highest BCUT2D eigenvalue weighted by atomic mass is 16.7. The molecule has 2 rings (SSSR count). The Morgan fingerprint density at radius 1 is 1.13 bits per heavy atom. The molecule has 0 bridgehead atoms. The second-order valence-corrected chi connectivity index (χ2v) is 7.31. The number of ether oxygens (including phenoxy) is 2. The Morgan fingerprint density at radius 2 is 1.83 bits per heavy atom. The maximum atomic E-state index is 12.1. The number of carbonyl (C=O) groups is 1. The van der Waals surface area contributed by atoms with E-state index in [0.717, 1.165) is 31.2 Å². The van der Waals surface area contributed by atoms with Crippen molar-refractivity contribution in [3.8, 4) is 0 Å². The largest absolute Gasteiger partial charge is 0.388 e. The molecule has 2 unspecified atom stereocenters. The summed E-state index contributed by atoms with van der Waals surface area (Å²) in [5, 5.41) is 35.6. The number of carbonyl (C=O) groups excluding carboxylic acids is 1. The van der Waals surface area contributed by atoms with E-state index in [0.29, 0.717) is 18.7 Å². The number of hydrogen-bond acceptors (Lipinski definition) is 7. The van der Waals surface area contributed by atoms with Gasteiger partial charge >= 0.3 is 0 Å². The molecule has 1 aliphatic heterocycles. The van der Waals surface area contributed by atoms with E-state index in [1.165, 1.54) is 0 Å². The standard InChI is InChI=1S/C20H30N4O6/c1-13-16(25)17(26)18(27)20(30-13)29-11-5-3-2-4-10-22-19(28)15-8-6-14(7-9-15)12-23-24-21/h6-9,13,16-18,20,25-27H,2-5,10-12H2,1H3,(H,22,28)/t13?,16-,17?,18-,20+/m1/s1. The highest BCUT2D eigenvalue weighted by Gasteiger charge is 2.42. The van der Waals surface area contributed by atoms with Crippen molar-refractivity contribution >= 4 is 5.91 Å². The van der Waals surface area contributed by atoms with E-state index in [4.69, 9.17) is 15.0 Å². The molecule has 1 amide bonds. The Bertz CT molecular complexity index is 710. The summed E-state index contributed by atoms with van der Waals surface area (Å²) in [5.74, 6) is -0.146. The molecule has 4 N–H and O–H groups in total. The Kier molecular flexibility index (Phi) is 10.0. The minimum absolute atomic E-state index is 0.146. The molecular weight excluding hydrogens is 392 g/mol. The summed E-state index contributed by atoms with van der Waals surface area (Å²) in [6, 6.07) is 6.93. The van der Waals surface area contributed by atoms with Gasteiger partial charge in [0, 0.05) is 23.6 Å². The van der Waals surface area contributed by atoms with Gasteiger partial charge in [0.15, 0.2) is 6.29 Å². The number of nitrogens with one attached hydrogen (secondary N) is 1. The van der Waals surface area contributed by atoms with Gasteiger partial charge in [0.2, 0.25) is 0 Å². The Labute approximate surface area is 175 Å². The number of aliphatic hydroxyl groups is 3. The Hall–Kier alpha value is -2.20. The van der Waals surface area contributed by atoms with Gasteiger partial charge in [-0.25, -0.2) is 0 Å². The van der Waals surface area contributed by atoms with Crippen molar-refractivity contribution in [2.75, 3.05) is 13.2 Å². The first kappa shape index (κ1) is 24.1. The van der Waals surface area contributed by atoms with Crippen molar-refractivity contribution in [1.29, 1.82) is 0 Å². The van der Waals surface area contributed by atoms with Crippen molar-refractivity contribution < 1.29 is 29.6 Å². The number of aliphatic hydroxyl groups excluding tert-OH is 3. The van der Waals surface area contributed by atoms with Crippen LogP contribution in [0.4, 0.5) is 0 Å². The molecule has 10 heteroatoms. The fourth-order valence-electron chi connectivity index (χ4n) is 3.11. The van der Waals surface area contributed by atoms with E-state index >= 15 is 0 Å². The number of nitrogens with zero attached hydrogens (tertiary/aromatic N) is 3. The molecule has 0 saturated carbocycles. The fourth-order valence-corrected chi connectivity index (χ4v) is 3.11. The summed E-state index contributed by atoms with van der Waals surface area (Å²) in [4.78, 5) is 14.8. The summed E-state index contributed by atoms with van der Waals surface area (Å²) in [7, 11) is 0. The minimum atomic E-state index is -1.29. The van der Waals surface area contributed by atoms with Crippen LogP contribution in [-0.2, 0) is 16.0 Å². The lowest BCUT2D eigenvalue weighted by molar-refractivity contribution is -0.293. The lowest BCUT2D eigenvalue weighted by Crippen LogP contribution is -2.57. The van der Waals surface area contributed by atoms with E-state index in [1.807, 2.05) is 0 Å². The van der Waals surface area contributed by atoms with Crippen LogP contribution in [0.3, 0.4) is 0 Å². The number of unbranched alkanes of at least 4 members (excludes halogenated alkanes) is 3. The lowest BCUT2D eigenvalue weighted by atomic mass is 10.0. The molecule has 1 saturated heterocycles. The molecule has 0 radical (unpaired) electrons. The van der Waals surface area contributed by atoms with Crippen LogP contribution >= 0.6 is 0 Å². The first-order chi connectivity index (χ1) is 14.4. The lowest BCUT2D eigenvalue weighted by Gasteiger charge is -2.38. The number of amides is 1. The van der Waals surface area contributed by atoms with E-state index in [1.54, 1.807) is 31.2 Å². The predicted molar refractivity (Wildman–Crippen MR) is 108 cm³/mol. The number of hydrogen-bond donors (Lipinski definition) is 4. The second kappa shape index (κ2) is 12.5. The molecule has 0 aliphatic carbocycles. The Morgan fingerprint density at radius 3 is 2.53 bits per heavy atom. The summed E-state index contributed by atoms with van der Waals surface area (Å²) in [6.07, 6.45) is -1.90. The van der Waals surface area contributed by atoms with Gasteiger partial charge in [-0.05, 0) is 43.0 Å². The van der Waals surface area contributed by atoms with Crippen LogP contribution in [0.5, 0.6) is 0 Å². The molecule has 1 heterocycles. The zero-order valence-electron chi connectivity index (χ0n) is 17.1. The van der Waals surface area contributed by atoms with Crippen LogP contribution in [-0.4, -0.2) is 65.1 Å². The zero-order valence-corrected chi connectivity index (χ0v) is 17.1. The van der Waals surface area contributed by atoms with Crippen LogP contribution in [0.25, 0.3) is 10.4 Å². The van der Waals surface area contributed by atoms with Gasteiger partial charge in [-0.3, -0.25) is 4.79 Å². The average Bonchev–Trinajstić information content (AvgIpc) is 2.76. The van der Waals surface area contributed by atoms with Crippen molar-refractivity contribution in [3.63, 3.8) is 0 Å². The average molecular weight is 422 g/mol. The topological polar surface area (TPSA) is 157 Å². The van der Waals surface area contributed by atoms with E-state index in [-0.39, 0.29) is 12.5 Å². The van der Waals surface area contributed by atoms with Gasteiger partial charge in [-0.1, -0.05) is 30.1 Å². The van der Waals surface area contributed by atoms with Gasteiger partial charge in [0.05, 0.1) is 12.6 Å². The number of benzene rings is 1. The molecule has 1 fully saturated rings. The zero-order chi connectivity index (χ0) is 21.9. The summed E-state index contributed by atoms with van der Waals surface area (Å²) in [6.45, 7) is 2.80. The SMILES string of the molecule is CC1O[C@H](OCCCCCCNC(=O)c2ccc(CN=[N+]=[N-])cc2)[C@H](O)C(O)[C@@H]1O. The third kappa shape index (κ3) is 7.24. The van der Waals surface area contributed by atoms with Gasteiger partial charge in [-0.2, -0.15) is 0 Å². The van der Waals surface area contributed by atoms with Gasteiger partial charge in [-0.15, -0.1) is 0 Å². The quantitative estimate of drug-likeness (QED) is 0.184. The molecule has 0 spiro atoms. The molecule has 1 aromatic carbocycles. The van der Waals surface area contributed by atoms with Crippen LogP contribution in [0.2, 0.25) is 0 Å². The van der Waals surface area contributed by atoms with Crippen molar-refractivity contribution in [2.24, 2.45) is 5.11 Å². The summed E-state index contributed by atoms with van der Waals surface area (Å²) in [5.41, 5.74) is 9.71. The molecule has 1 aliphatic rings. The number of rotatable bonds is 11. The first-order valence-corrected chi connectivity index (χ1v) is 10.1. The Balaban J connectivity index is 1.54. The molecule has 0 aromatic heterocycles. The minimum Gasteiger partial charge on any atom is -0.388 e. The van der Waals surface area contributed by atoms with Gasteiger partial charge in [0.25, 0.3) is 5.91 Å². The first-order valence-electron chi connectivity index (χ1n) is 10.1. The van der Waals surface area contributed by atoms with Gasteiger partial charge in [0.1, 0.15) is 18.3 Å². The molecule has 30 heavy (non-hydrogen) atoms. The smallest absolute Gasteiger partial charge is 0.251 e. The second-order valence-electron chi connectivity index (χ2n) is 7.31. The maximum Gasteiger partial charge on any atom is 0.251 e. The molecular formula is C20H30N4O6. The van der Waals surface area contributed by atoms with Gasteiger partial charge < -0.3 is 30.1 Å². The van der Waals surface area contributed by atoms with Crippen LogP contribution < -0.4 is 5.32 Å². The normalized spacial score (nSPS) is 26.1. The van der Waals surface area contributed by atoms with Crippen molar-refractivity contribution in [3.05, 3.63) is 45.8 Å². The van der Waals surface area contributed by atoms with E-state index in [2.05, 4.69) is 15.3 Å². The highest BCUT2D eigenvalue weighted by molar-refractivity contribution is 5.94. The predicted octanol–water partition coefficient (Wildman–Crippen LogP) is 1.63. The van der Waals surface area contributed by atoms with Crippen LogP contribution in [0, 0.1) is 0 Å². The van der Waals surface area contributed by atoms with Crippen LogP contribution in [0.1, 0.15) is 48.5 Å². The highest BCUT2D eigenvalue weighted by Crippen LogP contribution is 2.22. The fraction of sp³-hybridized carbons (Fsp3) is 0.650. The van der Waals surface area contributed by atoms with E-state index < -0.39 is 30.7 Å². The monoisotopic (exact) mass is 422 g/mol. The molecule has 166 valence electrons. The van der Waals surface area contributed by atoms with Crippen molar-refractivity contribution in [1.82, 2.24) is 5.32 Å². The van der Waals surface area contributed by atoms with E-state index in [9.17, 15) is 20.1 Å². The summed E-state index contributed by atoms with van der Waals surface area (Å²) >= 11 is 0. The third-order valence-electron chi connectivity index (χ3n) is 4.98. The molecule has 1 aromatic rings. The van der Waals surface area contributed by atoms with Crippen LogP contribution in [0.15, 0.2) is 29.4 Å². The third-order valence-corrected chi connectivity index (χ3v) is 4.98. The molecule has 10 nitrogen and oxygen atoms in total.